The molecule has 0 unspecified atom stereocenters. The summed E-state index contributed by atoms with van der Waals surface area (Å²) in [6.45, 7) is 1.99. The molecule has 148 valence electrons. The van der Waals surface area contributed by atoms with Crippen LogP contribution in [0.4, 0.5) is 0 Å². The van der Waals surface area contributed by atoms with Crippen LogP contribution in [0.5, 0.6) is 0 Å². The molecule has 0 radical (unpaired) electrons. The molecule has 3 aromatic rings. The van der Waals surface area contributed by atoms with Gasteiger partial charge in [-0.15, -0.1) is 0 Å². The second-order valence-corrected chi connectivity index (χ2v) is 6.44. The fourth-order valence-electron chi connectivity index (χ4n) is 3.13. The number of carbonyl (C=O) groups is 2. The van der Waals surface area contributed by atoms with Gasteiger partial charge >= 0.3 is 11.9 Å². The molecule has 0 amide bonds. The lowest BCUT2D eigenvalue weighted by molar-refractivity contribution is 0.0517. The van der Waals surface area contributed by atoms with Crippen molar-refractivity contribution < 1.29 is 19.1 Å². The summed E-state index contributed by atoms with van der Waals surface area (Å²) < 4.78 is 10.2. The summed E-state index contributed by atoms with van der Waals surface area (Å²) in [4.78, 5) is 29.6. The summed E-state index contributed by atoms with van der Waals surface area (Å²) in [5, 5.41) is 0. The van der Waals surface area contributed by atoms with Crippen molar-refractivity contribution in [3.63, 3.8) is 0 Å². The Bertz CT molecular complexity index is 985. The lowest BCUT2D eigenvalue weighted by Gasteiger charge is -2.14. The molecule has 29 heavy (non-hydrogen) atoms. The highest BCUT2D eigenvalue weighted by Crippen LogP contribution is 2.27. The van der Waals surface area contributed by atoms with Crippen LogP contribution in [0, 0.1) is 0 Å². The van der Waals surface area contributed by atoms with Gasteiger partial charge < -0.3 is 9.47 Å². The van der Waals surface area contributed by atoms with E-state index in [1.165, 1.54) is 7.11 Å². The third kappa shape index (κ3) is 4.88. The predicted molar refractivity (Wildman–Crippen MR) is 111 cm³/mol. The van der Waals surface area contributed by atoms with Crippen molar-refractivity contribution in [2.24, 2.45) is 0 Å². The van der Waals surface area contributed by atoms with Gasteiger partial charge in [0.15, 0.2) is 5.69 Å². The number of aromatic nitrogens is 1. The second-order valence-electron chi connectivity index (χ2n) is 6.44. The van der Waals surface area contributed by atoms with Gasteiger partial charge in [0.2, 0.25) is 0 Å². The number of rotatable bonds is 7. The van der Waals surface area contributed by atoms with Crippen molar-refractivity contribution >= 4 is 11.9 Å². The number of aryl methyl sites for hydroxylation is 2. The average Bonchev–Trinajstić information content (AvgIpc) is 2.78. The summed E-state index contributed by atoms with van der Waals surface area (Å²) in [6, 6.07) is 20.9. The number of carbonyl (C=O) groups excluding carboxylic acids is 2. The number of nitrogens with zero attached hydrogens (tertiary/aromatic N) is 1. The van der Waals surface area contributed by atoms with Crippen LogP contribution in [0.3, 0.4) is 0 Å². The van der Waals surface area contributed by atoms with Gasteiger partial charge in [-0.1, -0.05) is 60.7 Å². The molecule has 2 aromatic carbocycles. The Labute approximate surface area is 170 Å². The third-order valence-electron chi connectivity index (χ3n) is 4.55. The summed E-state index contributed by atoms with van der Waals surface area (Å²) in [5.74, 6) is -0.989. The first kappa shape index (κ1) is 20.3. The molecule has 0 aliphatic rings. The van der Waals surface area contributed by atoms with Crippen LogP contribution in [0.2, 0.25) is 0 Å². The maximum absolute atomic E-state index is 12.6. The molecule has 1 aromatic heterocycles. The molecule has 3 rings (SSSR count). The maximum Gasteiger partial charge on any atom is 0.357 e. The molecular weight excluding hydrogens is 366 g/mol. The van der Waals surface area contributed by atoms with Gasteiger partial charge in [-0.05, 0) is 37.0 Å². The minimum absolute atomic E-state index is 0.203. The first-order chi connectivity index (χ1) is 14.1. The minimum Gasteiger partial charge on any atom is -0.465 e. The Morgan fingerprint density at radius 1 is 0.897 bits per heavy atom. The van der Waals surface area contributed by atoms with Crippen LogP contribution in [0.1, 0.15) is 39.0 Å². The molecule has 5 heteroatoms. The molecule has 0 N–H and O–H groups in total. The van der Waals surface area contributed by atoms with Crippen molar-refractivity contribution in [2.45, 2.75) is 19.8 Å². The Morgan fingerprint density at radius 2 is 1.55 bits per heavy atom. The van der Waals surface area contributed by atoms with Crippen molar-refractivity contribution in [3.8, 4) is 11.1 Å². The number of pyridine rings is 1. The highest BCUT2D eigenvalue weighted by Gasteiger charge is 2.23. The highest BCUT2D eigenvalue weighted by molar-refractivity contribution is 5.99. The number of hydrogen-bond donors (Lipinski definition) is 0. The van der Waals surface area contributed by atoms with Gasteiger partial charge in [0.25, 0.3) is 0 Å². The zero-order valence-electron chi connectivity index (χ0n) is 16.6. The average molecular weight is 389 g/mol. The van der Waals surface area contributed by atoms with Crippen molar-refractivity contribution in [2.75, 3.05) is 13.7 Å². The van der Waals surface area contributed by atoms with E-state index in [9.17, 15) is 9.59 Å². The van der Waals surface area contributed by atoms with E-state index in [4.69, 9.17) is 9.47 Å². The van der Waals surface area contributed by atoms with Crippen molar-refractivity contribution in [3.05, 3.63) is 89.2 Å². The van der Waals surface area contributed by atoms with Crippen LogP contribution in [-0.4, -0.2) is 30.6 Å². The van der Waals surface area contributed by atoms with Crippen molar-refractivity contribution in [1.29, 1.82) is 0 Å². The number of esters is 2. The molecule has 0 aliphatic heterocycles. The number of benzene rings is 2. The van der Waals surface area contributed by atoms with Crippen LogP contribution in [0.15, 0.2) is 66.7 Å². The van der Waals surface area contributed by atoms with Gasteiger partial charge in [0.05, 0.1) is 25.0 Å². The zero-order chi connectivity index (χ0) is 20.6. The number of methoxy groups -OCH3 is 1. The van der Waals surface area contributed by atoms with E-state index in [0.717, 1.165) is 11.1 Å². The topological polar surface area (TPSA) is 65.5 Å². The molecular formula is C24H23NO4. The van der Waals surface area contributed by atoms with E-state index in [1.807, 2.05) is 60.7 Å². The number of hydrogen-bond acceptors (Lipinski definition) is 5. The van der Waals surface area contributed by atoms with Crippen molar-refractivity contribution in [1.82, 2.24) is 4.98 Å². The summed E-state index contributed by atoms with van der Waals surface area (Å²) >= 11 is 0. The molecule has 0 fully saturated rings. The Kier molecular flexibility index (Phi) is 6.74. The van der Waals surface area contributed by atoms with E-state index in [0.29, 0.717) is 29.7 Å². The normalized spacial score (nSPS) is 10.4. The fraction of sp³-hybridized carbons (Fsp3) is 0.208. The maximum atomic E-state index is 12.6. The second kappa shape index (κ2) is 9.64. The van der Waals surface area contributed by atoms with Crippen LogP contribution in [-0.2, 0) is 22.3 Å². The molecule has 0 bridgehead atoms. The van der Waals surface area contributed by atoms with Crippen LogP contribution >= 0.6 is 0 Å². The Hall–Kier alpha value is -3.47. The lowest BCUT2D eigenvalue weighted by Crippen LogP contribution is -2.16. The van der Waals surface area contributed by atoms with Gasteiger partial charge in [0, 0.05) is 5.56 Å². The smallest absolute Gasteiger partial charge is 0.357 e. The monoisotopic (exact) mass is 389 g/mol. The van der Waals surface area contributed by atoms with Gasteiger partial charge in [0.1, 0.15) is 0 Å². The van der Waals surface area contributed by atoms with E-state index in [2.05, 4.69) is 4.98 Å². The molecule has 5 nitrogen and oxygen atoms in total. The van der Waals surface area contributed by atoms with E-state index in [-0.39, 0.29) is 12.3 Å². The lowest BCUT2D eigenvalue weighted by atomic mass is 9.97. The molecule has 0 saturated heterocycles. The largest absolute Gasteiger partial charge is 0.465 e. The minimum atomic E-state index is -0.510. The Morgan fingerprint density at radius 3 is 2.17 bits per heavy atom. The highest BCUT2D eigenvalue weighted by atomic mass is 16.5. The standard InChI is InChI=1S/C24H23NO4/c1-3-29-24(27)22-19(18-12-8-5-9-13-18)16-20(23(26)28-2)21(25-22)15-14-17-10-6-4-7-11-17/h4-13,16H,3,14-15H2,1-2H3. The molecule has 0 spiro atoms. The van der Waals surface area contributed by atoms with Crippen LogP contribution < -0.4 is 0 Å². The SMILES string of the molecule is CCOC(=O)c1nc(CCc2ccccc2)c(C(=O)OC)cc1-c1ccccc1. The van der Waals surface area contributed by atoms with Gasteiger partial charge in [-0.25, -0.2) is 14.6 Å². The number of ether oxygens (including phenoxy) is 2. The van der Waals surface area contributed by atoms with E-state index < -0.39 is 11.9 Å². The zero-order valence-corrected chi connectivity index (χ0v) is 16.6. The van der Waals surface area contributed by atoms with Gasteiger partial charge in [-0.2, -0.15) is 0 Å². The molecule has 1 heterocycles. The molecule has 0 aliphatic carbocycles. The first-order valence-electron chi connectivity index (χ1n) is 9.52. The summed E-state index contributed by atoms with van der Waals surface area (Å²) in [5.41, 5.74) is 3.53. The van der Waals surface area contributed by atoms with Crippen LogP contribution in [0.25, 0.3) is 11.1 Å². The van der Waals surface area contributed by atoms with E-state index >= 15 is 0 Å². The third-order valence-corrected chi connectivity index (χ3v) is 4.55. The van der Waals surface area contributed by atoms with E-state index in [1.54, 1.807) is 13.0 Å². The summed E-state index contributed by atoms with van der Waals surface area (Å²) in [6.07, 6.45) is 1.18. The predicted octanol–water partition coefficient (Wildman–Crippen LogP) is 4.50. The summed E-state index contributed by atoms with van der Waals surface area (Å²) in [7, 11) is 1.34. The quantitative estimate of drug-likeness (QED) is 0.557. The Balaban J connectivity index is 2.09. The molecule has 0 atom stereocenters. The first-order valence-corrected chi connectivity index (χ1v) is 9.52. The molecule has 0 saturated carbocycles. The fourth-order valence-corrected chi connectivity index (χ4v) is 3.13. The van der Waals surface area contributed by atoms with Gasteiger partial charge in [-0.3, -0.25) is 0 Å².